The highest BCUT2D eigenvalue weighted by Gasteiger charge is 2.75. The molecule has 232 valence electrons. The number of ketones is 3. The van der Waals surface area contributed by atoms with Crippen LogP contribution in [0.5, 0.6) is 5.75 Å². The van der Waals surface area contributed by atoms with Gasteiger partial charge < -0.3 is 36.2 Å². The zero-order valence-electron chi connectivity index (χ0n) is 24.6. The van der Waals surface area contributed by atoms with Gasteiger partial charge in [0.2, 0.25) is 11.4 Å². The monoisotopic (exact) mass is 609 g/mol. The molecule has 44 heavy (non-hydrogen) atoms. The Balaban J connectivity index is 1.82. The molecule has 7 N–H and O–H groups in total. The third kappa shape index (κ3) is 3.86. The molecule has 0 unspecified atom stereocenters. The van der Waals surface area contributed by atoms with Gasteiger partial charge in [-0.1, -0.05) is 24.3 Å². The number of aromatic hydroxyl groups is 1. The van der Waals surface area contributed by atoms with Crippen LogP contribution in [0.1, 0.15) is 34.8 Å². The maximum absolute atomic E-state index is 17.3. The van der Waals surface area contributed by atoms with Crippen molar-refractivity contribution < 1.29 is 49.1 Å². The van der Waals surface area contributed by atoms with Crippen LogP contribution in [0.15, 0.2) is 47.2 Å². The Bertz CT molecular complexity index is 1750. The first kappa shape index (κ1) is 30.9. The van der Waals surface area contributed by atoms with Crippen molar-refractivity contribution >= 4 is 34.7 Å². The van der Waals surface area contributed by atoms with Crippen LogP contribution in [0.4, 0.5) is 10.1 Å². The minimum absolute atomic E-state index is 0.0586. The standard InChI is InChI=1S/C31H32FN3O9/c1-13(36)14-6-8-15(9-7-14)16-10-18(34(2)3)17-11-29(32)12-30(43)25(35(4)5)24(39)20(28(33)42)26(40)31(30,44)27(41)21(29)23(38)19(17)22(16)37/h6-10,25,37-38,40,43-44H,11-12H2,1-5H3,(H2,33,42)/t25-,29-,30-,31-/m1/s1. The largest absolute Gasteiger partial charge is 0.508 e. The van der Waals surface area contributed by atoms with Gasteiger partial charge in [-0.15, -0.1) is 0 Å². The van der Waals surface area contributed by atoms with Gasteiger partial charge in [0.15, 0.2) is 17.3 Å². The highest BCUT2D eigenvalue weighted by Crippen LogP contribution is 2.59. The third-order valence-electron chi connectivity index (χ3n) is 8.87. The van der Waals surface area contributed by atoms with Crippen molar-refractivity contribution in [1.29, 1.82) is 0 Å². The summed E-state index contributed by atoms with van der Waals surface area (Å²) in [5.41, 5.74) is -5.30. The van der Waals surface area contributed by atoms with Crippen LogP contribution in [-0.2, 0) is 20.8 Å². The molecule has 0 spiro atoms. The fourth-order valence-corrected chi connectivity index (χ4v) is 6.89. The van der Waals surface area contributed by atoms with E-state index in [2.05, 4.69) is 0 Å². The van der Waals surface area contributed by atoms with E-state index in [0.717, 1.165) is 4.90 Å². The second-order valence-corrected chi connectivity index (χ2v) is 12.0. The number of amides is 1. The first-order chi connectivity index (χ1) is 20.3. The highest BCUT2D eigenvalue weighted by molar-refractivity contribution is 6.25. The number of aliphatic hydroxyl groups is 4. The lowest BCUT2D eigenvalue weighted by atomic mass is 9.53. The minimum Gasteiger partial charge on any atom is -0.508 e. The number of alkyl halides is 1. The van der Waals surface area contributed by atoms with E-state index < -0.39 is 81.6 Å². The van der Waals surface area contributed by atoms with E-state index in [9.17, 15) is 44.7 Å². The van der Waals surface area contributed by atoms with E-state index in [1.54, 1.807) is 31.1 Å². The Kier molecular flexibility index (Phi) is 6.81. The van der Waals surface area contributed by atoms with Crippen LogP contribution in [0, 0.1) is 0 Å². The van der Waals surface area contributed by atoms with E-state index in [0.29, 0.717) is 16.8 Å². The van der Waals surface area contributed by atoms with Gasteiger partial charge in [-0.2, -0.15) is 0 Å². The minimum atomic E-state index is -3.48. The number of phenolic OH excluding ortho intramolecular Hbond substituents is 1. The molecule has 3 aliphatic carbocycles. The number of nitrogens with two attached hydrogens (primary N) is 1. The smallest absolute Gasteiger partial charge is 0.255 e. The summed E-state index contributed by atoms with van der Waals surface area (Å²) in [4.78, 5) is 54.0. The predicted molar refractivity (Wildman–Crippen MR) is 156 cm³/mol. The number of halogens is 1. The number of aliphatic hydroxyl groups excluding tert-OH is 2. The fourth-order valence-electron chi connectivity index (χ4n) is 6.89. The Morgan fingerprint density at radius 1 is 1.02 bits per heavy atom. The quantitative estimate of drug-likeness (QED) is 0.209. The van der Waals surface area contributed by atoms with Crippen molar-refractivity contribution in [2.75, 3.05) is 33.1 Å². The van der Waals surface area contributed by atoms with Crippen LogP contribution in [-0.4, -0.2) is 105 Å². The zero-order chi connectivity index (χ0) is 32.8. The molecule has 5 rings (SSSR count). The van der Waals surface area contributed by atoms with E-state index in [1.807, 2.05) is 0 Å². The van der Waals surface area contributed by atoms with Gasteiger partial charge in [-0.25, -0.2) is 4.39 Å². The number of likely N-dealkylation sites (N-methyl/N-ethyl adjacent to an activating group) is 1. The molecule has 1 saturated carbocycles. The first-order valence-electron chi connectivity index (χ1n) is 13.6. The summed E-state index contributed by atoms with van der Waals surface area (Å²) in [6.45, 7) is 1.39. The maximum atomic E-state index is 17.3. The Morgan fingerprint density at radius 3 is 2.11 bits per heavy atom. The molecule has 0 aliphatic heterocycles. The van der Waals surface area contributed by atoms with E-state index >= 15 is 4.39 Å². The van der Waals surface area contributed by atoms with Gasteiger partial charge in [0.05, 0.1) is 11.1 Å². The van der Waals surface area contributed by atoms with Gasteiger partial charge >= 0.3 is 0 Å². The van der Waals surface area contributed by atoms with Crippen molar-refractivity contribution in [3.63, 3.8) is 0 Å². The number of primary amides is 1. The van der Waals surface area contributed by atoms with Crippen molar-refractivity contribution in [2.45, 2.75) is 42.7 Å². The zero-order valence-corrected chi connectivity index (χ0v) is 24.6. The molecular formula is C31H32FN3O9. The molecule has 0 aromatic heterocycles. The van der Waals surface area contributed by atoms with Gasteiger partial charge in [-0.3, -0.25) is 24.1 Å². The number of Topliss-reactive ketones (excluding diaryl/α,β-unsaturated/α-hetero) is 3. The number of fused-ring (bicyclic) bond motifs is 3. The summed E-state index contributed by atoms with van der Waals surface area (Å²) in [6, 6.07) is 5.83. The third-order valence-corrected chi connectivity index (χ3v) is 8.87. The van der Waals surface area contributed by atoms with Crippen LogP contribution in [0.25, 0.3) is 16.9 Å². The van der Waals surface area contributed by atoms with Crippen molar-refractivity contribution in [3.8, 4) is 16.9 Å². The normalized spacial score (nSPS) is 28.1. The number of hydrogen-bond acceptors (Lipinski definition) is 11. The highest BCUT2D eigenvalue weighted by atomic mass is 19.1. The lowest BCUT2D eigenvalue weighted by Gasteiger charge is -2.56. The van der Waals surface area contributed by atoms with Crippen LogP contribution in [0.3, 0.4) is 0 Å². The van der Waals surface area contributed by atoms with Crippen LogP contribution in [0.2, 0.25) is 0 Å². The molecule has 1 amide bonds. The van der Waals surface area contributed by atoms with Crippen LogP contribution < -0.4 is 10.6 Å². The fraction of sp³-hybridized carbons (Fsp3) is 0.355. The average Bonchev–Trinajstić information content (AvgIpc) is 2.90. The van der Waals surface area contributed by atoms with Crippen molar-refractivity contribution in [2.24, 2.45) is 5.73 Å². The second-order valence-electron chi connectivity index (χ2n) is 12.0. The Labute approximate surface area is 251 Å². The number of carbonyl (C=O) groups excluding carboxylic acids is 4. The van der Waals surface area contributed by atoms with Gasteiger partial charge in [0.1, 0.15) is 34.4 Å². The summed E-state index contributed by atoms with van der Waals surface area (Å²) in [5, 5.41) is 57.7. The SMILES string of the molecule is CC(=O)c1ccc(-c2cc(N(C)C)c3c(c2O)C(O)=C2C(=O)[C@]4(O)C(O)=C(C(N)=O)C(=O)[C@@H](N(C)C)[C@]4(O)C[C@]2(F)C3)cc1. The van der Waals surface area contributed by atoms with E-state index in [-0.39, 0.29) is 22.5 Å². The molecule has 0 bridgehead atoms. The summed E-state index contributed by atoms with van der Waals surface area (Å²) < 4.78 is 17.3. The molecule has 0 radical (unpaired) electrons. The number of phenols is 1. The molecule has 2 aromatic carbocycles. The molecular weight excluding hydrogens is 577 g/mol. The summed E-state index contributed by atoms with van der Waals surface area (Å²) >= 11 is 0. The number of carbonyl (C=O) groups is 4. The average molecular weight is 610 g/mol. The molecule has 4 atom stereocenters. The Hall–Kier alpha value is -4.59. The molecule has 2 aromatic rings. The van der Waals surface area contributed by atoms with E-state index in [4.69, 9.17) is 5.73 Å². The summed E-state index contributed by atoms with van der Waals surface area (Å²) in [7, 11) is 5.82. The van der Waals surface area contributed by atoms with Gasteiger partial charge in [-0.05, 0) is 38.2 Å². The lowest BCUT2D eigenvalue weighted by Crippen LogP contribution is -2.78. The second kappa shape index (κ2) is 9.71. The Morgan fingerprint density at radius 2 is 1.61 bits per heavy atom. The molecule has 3 aliphatic rings. The number of anilines is 1. The number of hydrogen-bond donors (Lipinski definition) is 6. The molecule has 1 fully saturated rings. The van der Waals surface area contributed by atoms with Gasteiger partial charge in [0, 0.05) is 43.8 Å². The van der Waals surface area contributed by atoms with Crippen LogP contribution >= 0.6 is 0 Å². The topological polar surface area (TPSA) is 202 Å². The molecule has 13 heteroatoms. The number of nitrogens with zero attached hydrogens (tertiary/aromatic N) is 2. The molecule has 0 heterocycles. The summed E-state index contributed by atoms with van der Waals surface area (Å²) in [5.74, 6) is -7.81. The number of rotatable bonds is 5. The predicted octanol–water partition coefficient (Wildman–Crippen LogP) is 1.11. The maximum Gasteiger partial charge on any atom is 0.255 e. The molecule has 12 nitrogen and oxygen atoms in total. The summed E-state index contributed by atoms with van der Waals surface area (Å²) in [6.07, 6.45) is -1.87. The lowest BCUT2D eigenvalue weighted by molar-refractivity contribution is -0.210. The van der Waals surface area contributed by atoms with Crippen molar-refractivity contribution in [1.82, 2.24) is 4.90 Å². The van der Waals surface area contributed by atoms with Crippen molar-refractivity contribution in [3.05, 3.63) is 63.9 Å². The molecule has 0 saturated heterocycles. The first-order valence-corrected chi connectivity index (χ1v) is 13.6. The van der Waals surface area contributed by atoms with Gasteiger partial charge in [0.25, 0.3) is 5.91 Å². The number of benzene rings is 2. The van der Waals surface area contributed by atoms with E-state index in [1.165, 1.54) is 39.2 Å².